The smallest absolute Gasteiger partial charge is 0.347 e. The molecule has 0 aliphatic carbocycles. The highest BCUT2D eigenvalue weighted by Gasteiger charge is 2.19. The Balaban J connectivity index is 2.96. The van der Waals surface area contributed by atoms with E-state index in [2.05, 4.69) is 30.7 Å². The van der Waals surface area contributed by atoms with Gasteiger partial charge in [-0.2, -0.15) is 0 Å². The first-order chi connectivity index (χ1) is 8.53. The summed E-state index contributed by atoms with van der Waals surface area (Å²) in [7, 11) is 0. The van der Waals surface area contributed by atoms with E-state index in [0.717, 1.165) is 24.6 Å². The third kappa shape index (κ3) is 3.45. The Kier molecular flexibility index (Phi) is 5.59. The molecule has 0 aliphatic rings. The van der Waals surface area contributed by atoms with Crippen molar-refractivity contribution in [2.24, 2.45) is 5.92 Å². The van der Waals surface area contributed by atoms with E-state index in [4.69, 9.17) is 5.11 Å². The van der Waals surface area contributed by atoms with Gasteiger partial charge in [0.25, 0.3) is 0 Å². The summed E-state index contributed by atoms with van der Waals surface area (Å²) in [4.78, 5) is 18.2. The van der Waals surface area contributed by atoms with E-state index in [1.807, 2.05) is 6.92 Å². The van der Waals surface area contributed by atoms with Crippen LogP contribution in [0, 0.1) is 5.92 Å². The molecule has 1 atom stereocenters. The summed E-state index contributed by atoms with van der Waals surface area (Å²) in [6.45, 7) is 10.2. The summed E-state index contributed by atoms with van der Waals surface area (Å²) in [5.74, 6) is -0.276. The SMILES string of the molecule is CCc1nc(N(CC)CC(C)CC)sc1C(=O)O. The van der Waals surface area contributed by atoms with Crippen LogP contribution >= 0.6 is 11.3 Å². The number of aryl methyl sites for hydroxylation is 1. The highest BCUT2D eigenvalue weighted by Crippen LogP contribution is 2.27. The van der Waals surface area contributed by atoms with E-state index in [9.17, 15) is 4.79 Å². The highest BCUT2D eigenvalue weighted by molar-refractivity contribution is 7.17. The molecule has 1 unspecified atom stereocenters. The number of anilines is 1. The van der Waals surface area contributed by atoms with Crippen molar-refractivity contribution in [2.75, 3.05) is 18.0 Å². The zero-order chi connectivity index (χ0) is 13.7. The molecule has 0 amide bonds. The number of aromatic carboxylic acids is 1. The van der Waals surface area contributed by atoms with Crippen molar-refractivity contribution in [1.29, 1.82) is 0 Å². The van der Waals surface area contributed by atoms with Crippen LogP contribution in [-0.2, 0) is 6.42 Å². The van der Waals surface area contributed by atoms with Crippen molar-refractivity contribution in [3.8, 4) is 0 Å². The molecule has 1 rings (SSSR count). The standard InChI is InChI=1S/C13H22N2O2S/c1-5-9(4)8-15(7-3)13-14-10(6-2)11(18-13)12(16)17/h9H,5-8H2,1-4H3,(H,16,17). The summed E-state index contributed by atoms with van der Waals surface area (Å²) in [5, 5.41) is 9.98. The quantitative estimate of drug-likeness (QED) is 0.826. The second-order valence-electron chi connectivity index (χ2n) is 4.48. The molecule has 1 aromatic heterocycles. The molecule has 0 aromatic carbocycles. The van der Waals surface area contributed by atoms with Gasteiger partial charge in [-0.25, -0.2) is 9.78 Å². The lowest BCUT2D eigenvalue weighted by Crippen LogP contribution is -2.27. The van der Waals surface area contributed by atoms with Gasteiger partial charge in [-0.3, -0.25) is 0 Å². The number of hydrogen-bond acceptors (Lipinski definition) is 4. The van der Waals surface area contributed by atoms with E-state index in [0.29, 0.717) is 22.9 Å². The molecule has 1 aromatic rings. The molecule has 0 spiro atoms. The summed E-state index contributed by atoms with van der Waals surface area (Å²) in [5.41, 5.74) is 0.699. The predicted octanol–water partition coefficient (Wildman–Crippen LogP) is 3.28. The van der Waals surface area contributed by atoms with Crippen LogP contribution < -0.4 is 4.90 Å². The maximum Gasteiger partial charge on any atom is 0.347 e. The molecule has 1 N–H and O–H groups in total. The third-order valence-corrected chi connectivity index (χ3v) is 4.24. The van der Waals surface area contributed by atoms with Crippen LogP contribution in [0.4, 0.5) is 5.13 Å². The molecular weight excluding hydrogens is 248 g/mol. The molecule has 0 radical (unpaired) electrons. The van der Waals surface area contributed by atoms with Gasteiger partial charge in [0, 0.05) is 13.1 Å². The fourth-order valence-electron chi connectivity index (χ4n) is 1.73. The Morgan fingerprint density at radius 2 is 2.11 bits per heavy atom. The van der Waals surface area contributed by atoms with Gasteiger partial charge < -0.3 is 10.0 Å². The molecule has 0 bridgehead atoms. The number of carboxylic acid groups (broad SMARTS) is 1. The van der Waals surface area contributed by atoms with Gasteiger partial charge in [0.15, 0.2) is 5.13 Å². The van der Waals surface area contributed by atoms with Gasteiger partial charge in [0.05, 0.1) is 5.69 Å². The number of nitrogens with zero attached hydrogens (tertiary/aromatic N) is 2. The normalized spacial score (nSPS) is 12.4. The first kappa shape index (κ1) is 15.0. The molecule has 0 fully saturated rings. The Morgan fingerprint density at radius 3 is 2.50 bits per heavy atom. The minimum atomic E-state index is -0.866. The lowest BCUT2D eigenvalue weighted by atomic mass is 10.1. The van der Waals surface area contributed by atoms with Crippen molar-refractivity contribution in [2.45, 2.75) is 40.5 Å². The third-order valence-electron chi connectivity index (χ3n) is 3.10. The van der Waals surface area contributed by atoms with Crippen LogP contribution in [0.5, 0.6) is 0 Å². The summed E-state index contributed by atoms with van der Waals surface area (Å²) in [6.07, 6.45) is 1.79. The molecule has 102 valence electrons. The van der Waals surface area contributed by atoms with Crippen molar-refractivity contribution in [3.63, 3.8) is 0 Å². The molecule has 0 saturated carbocycles. The molecule has 5 heteroatoms. The monoisotopic (exact) mass is 270 g/mol. The van der Waals surface area contributed by atoms with Crippen LogP contribution in [0.3, 0.4) is 0 Å². The lowest BCUT2D eigenvalue weighted by molar-refractivity contribution is 0.0701. The Labute approximate surface area is 113 Å². The van der Waals surface area contributed by atoms with Crippen LogP contribution in [-0.4, -0.2) is 29.1 Å². The number of carbonyl (C=O) groups is 1. The number of thiazole rings is 1. The summed E-state index contributed by atoms with van der Waals surface area (Å²) in [6, 6.07) is 0. The van der Waals surface area contributed by atoms with Crippen LogP contribution in [0.15, 0.2) is 0 Å². The molecule has 0 aliphatic heterocycles. The van der Waals surface area contributed by atoms with E-state index < -0.39 is 5.97 Å². The summed E-state index contributed by atoms with van der Waals surface area (Å²) < 4.78 is 0. The first-order valence-electron chi connectivity index (χ1n) is 6.51. The van der Waals surface area contributed by atoms with Gasteiger partial charge in [-0.15, -0.1) is 0 Å². The molecule has 1 heterocycles. The molecular formula is C13H22N2O2S. The maximum absolute atomic E-state index is 11.1. The first-order valence-corrected chi connectivity index (χ1v) is 7.32. The minimum Gasteiger partial charge on any atom is -0.477 e. The van der Waals surface area contributed by atoms with Crippen molar-refractivity contribution >= 4 is 22.4 Å². The van der Waals surface area contributed by atoms with Gasteiger partial charge in [0.2, 0.25) is 0 Å². The molecule has 18 heavy (non-hydrogen) atoms. The lowest BCUT2D eigenvalue weighted by Gasteiger charge is -2.23. The van der Waals surface area contributed by atoms with Gasteiger partial charge in [0.1, 0.15) is 4.88 Å². The average Bonchev–Trinajstić information content (AvgIpc) is 2.79. The van der Waals surface area contributed by atoms with Gasteiger partial charge in [-0.05, 0) is 19.3 Å². The second kappa shape index (κ2) is 6.73. The Morgan fingerprint density at radius 1 is 1.44 bits per heavy atom. The molecule has 4 nitrogen and oxygen atoms in total. The predicted molar refractivity (Wildman–Crippen MR) is 75.8 cm³/mol. The fraction of sp³-hybridized carbons (Fsp3) is 0.692. The number of rotatable bonds is 7. The van der Waals surface area contributed by atoms with Crippen molar-refractivity contribution < 1.29 is 9.90 Å². The van der Waals surface area contributed by atoms with E-state index in [-0.39, 0.29) is 0 Å². The van der Waals surface area contributed by atoms with Crippen LogP contribution in [0.25, 0.3) is 0 Å². The van der Waals surface area contributed by atoms with Crippen LogP contribution in [0.2, 0.25) is 0 Å². The van der Waals surface area contributed by atoms with Gasteiger partial charge in [-0.1, -0.05) is 38.5 Å². The maximum atomic E-state index is 11.1. The fourth-order valence-corrected chi connectivity index (χ4v) is 2.80. The summed E-state index contributed by atoms with van der Waals surface area (Å²) >= 11 is 1.29. The largest absolute Gasteiger partial charge is 0.477 e. The van der Waals surface area contributed by atoms with E-state index >= 15 is 0 Å². The topological polar surface area (TPSA) is 53.4 Å². The van der Waals surface area contributed by atoms with Gasteiger partial charge >= 0.3 is 5.97 Å². The second-order valence-corrected chi connectivity index (χ2v) is 5.46. The highest BCUT2D eigenvalue weighted by atomic mass is 32.1. The number of hydrogen-bond donors (Lipinski definition) is 1. The van der Waals surface area contributed by atoms with Crippen molar-refractivity contribution in [3.05, 3.63) is 10.6 Å². The van der Waals surface area contributed by atoms with E-state index in [1.165, 1.54) is 11.3 Å². The zero-order valence-electron chi connectivity index (χ0n) is 11.6. The van der Waals surface area contributed by atoms with Crippen molar-refractivity contribution in [1.82, 2.24) is 4.98 Å². The molecule has 0 saturated heterocycles. The zero-order valence-corrected chi connectivity index (χ0v) is 12.4. The average molecular weight is 270 g/mol. The Hall–Kier alpha value is -1.10. The van der Waals surface area contributed by atoms with Crippen LogP contribution in [0.1, 0.15) is 49.5 Å². The number of aromatic nitrogens is 1. The number of carboxylic acids is 1. The minimum absolute atomic E-state index is 0.384. The Bertz CT molecular complexity index is 404. The van der Waals surface area contributed by atoms with E-state index in [1.54, 1.807) is 0 Å².